The van der Waals surface area contributed by atoms with Gasteiger partial charge >= 0.3 is 5.97 Å². The van der Waals surface area contributed by atoms with E-state index < -0.39 is 5.97 Å². The maximum absolute atomic E-state index is 13.7. The fraction of sp³-hybridized carbons (Fsp3) is 0.152. The SMILES string of the molecule is COc1ccc(-c2oc3cc(OC)cc(C(=O)Oc4ccc(C(C)=O)cc4)c3c2-c2cc(OC)cc(OC)c2)cc1. The number of methoxy groups -OCH3 is 4. The van der Waals surface area contributed by atoms with Crippen LogP contribution in [0.3, 0.4) is 0 Å². The molecule has 1 heterocycles. The molecule has 0 bridgehead atoms. The summed E-state index contributed by atoms with van der Waals surface area (Å²) in [5, 5.41) is 0.525. The van der Waals surface area contributed by atoms with Crippen molar-refractivity contribution in [1.82, 2.24) is 0 Å². The van der Waals surface area contributed by atoms with E-state index in [9.17, 15) is 9.59 Å². The quantitative estimate of drug-likeness (QED) is 0.107. The standard InChI is InChI=1S/C33H28O8/c1-19(34)20-6-12-24(13-7-20)40-33(35)28-17-27(39-5)18-29-31(28)30(22-14-25(37-3)16-26(15-22)38-4)32(41-29)21-8-10-23(36-2)11-9-21/h6-18H,1-5H3. The molecule has 0 aliphatic rings. The number of esters is 1. The smallest absolute Gasteiger partial charge is 0.344 e. The highest BCUT2D eigenvalue weighted by atomic mass is 16.5. The zero-order valence-corrected chi connectivity index (χ0v) is 23.3. The summed E-state index contributed by atoms with van der Waals surface area (Å²) in [5.41, 5.74) is 3.28. The molecule has 0 fully saturated rings. The van der Waals surface area contributed by atoms with Crippen molar-refractivity contribution in [3.05, 3.63) is 90.0 Å². The lowest BCUT2D eigenvalue weighted by molar-refractivity contribution is 0.0736. The number of fused-ring (bicyclic) bond motifs is 1. The fourth-order valence-electron chi connectivity index (χ4n) is 4.57. The second-order valence-corrected chi connectivity index (χ2v) is 9.15. The minimum absolute atomic E-state index is 0.0831. The molecule has 4 aromatic carbocycles. The number of furan rings is 1. The molecule has 8 nitrogen and oxygen atoms in total. The lowest BCUT2D eigenvalue weighted by atomic mass is 9.95. The van der Waals surface area contributed by atoms with Gasteiger partial charge in [0.2, 0.25) is 0 Å². The second kappa shape index (κ2) is 11.5. The zero-order chi connectivity index (χ0) is 29.1. The van der Waals surface area contributed by atoms with Gasteiger partial charge in [-0.25, -0.2) is 4.79 Å². The van der Waals surface area contributed by atoms with E-state index in [0.717, 1.165) is 5.56 Å². The molecule has 0 aliphatic carbocycles. The largest absolute Gasteiger partial charge is 0.497 e. The van der Waals surface area contributed by atoms with Gasteiger partial charge in [0.05, 0.1) is 34.0 Å². The van der Waals surface area contributed by atoms with Crippen LogP contribution in [0.1, 0.15) is 27.6 Å². The molecule has 0 N–H and O–H groups in total. The summed E-state index contributed by atoms with van der Waals surface area (Å²) >= 11 is 0. The summed E-state index contributed by atoms with van der Waals surface area (Å²) in [7, 11) is 6.25. The highest BCUT2D eigenvalue weighted by Gasteiger charge is 2.26. The number of Topliss-reactive ketones (excluding diaryl/α,β-unsaturated/α-hetero) is 1. The van der Waals surface area contributed by atoms with E-state index in [1.165, 1.54) is 14.0 Å². The van der Waals surface area contributed by atoms with Gasteiger partial charge < -0.3 is 28.1 Å². The average molecular weight is 553 g/mol. The molecule has 1 aromatic heterocycles. The van der Waals surface area contributed by atoms with Crippen molar-refractivity contribution < 1.29 is 37.7 Å². The zero-order valence-electron chi connectivity index (χ0n) is 23.3. The Bertz CT molecular complexity index is 1710. The second-order valence-electron chi connectivity index (χ2n) is 9.15. The van der Waals surface area contributed by atoms with Gasteiger partial charge in [-0.1, -0.05) is 0 Å². The number of ketones is 1. The van der Waals surface area contributed by atoms with Gasteiger partial charge in [0.1, 0.15) is 40.1 Å². The number of ether oxygens (including phenoxy) is 5. The fourth-order valence-corrected chi connectivity index (χ4v) is 4.57. The molecular weight excluding hydrogens is 524 g/mol. The van der Waals surface area contributed by atoms with E-state index in [0.29, 0.717) is 62.2 Å². The molecule has 0 radical (unpaired) electrons. The van der Waals surface area contributed by atoms with E-state index >= 15 is 0 Å². The number of benzene rings is 4. The van der Waals surface area contributed by atoms with Crippen molar-refractivity contribution in [3.8, 4) is 51.2 Å². The molecule has 41 heavy (non-hydrogen) atoms. The molecule has 5 aromatic rings. The molecule has 0 atom stereocenters. The first-order valence-corrected chi connectivity index (χ1v) is 12.7. The van der Waals surface area contributed by atoms with Crippen LogP contribution in [0, 0.1) is 0 Å². The summed E-state index contributed by atoms with van der Waals surface area (Å²) in [4.78, 5) is 25.4. The Kier molecular flexibility index (Phi) is 7.65. The predicted molar refractivity (Wildman–Crippen MR) is 155 cm³/mol. The van der Waals surface area contributed by atoms with E-state index in [4.69, 9.17) is 28.1 Å². The number of hydrogen-bond donors (Lipinski definition) is 0. The van der Waals surface area contributed by atoms with E-state index in [2.05, 4.69) is 0 Å². The van der Waals surface area contributed by atoms with Crippen molar-refractivity contribution in [3.63, 3.8) is 0 Å². The Balaban J connectivity index is 1.75. The minimum Gasteiger partial charge on any atom is -0.497 e. The molecular formula is C33H28O8. The Labute approximate surface area is 237 Å². The van der Waals surface area contributed by atoms with Gasteiger partial charge in [0.15, 0.2) is 5.78 Å². The summed E-state index contributed by atoms with van der Waals surface area (Å²) in [6.45, 7) is 1.47. The number of hydrogen-bond acceptors (Lipinski definition) is 8. The van der Waals surface area contributed by atoms with Crippen LogP contribution in [-0.2, 0) is 0 Å². The van der Waals surface area contributed by atoms with Crippen molar-refractivity contribution in [2.24, 2.45) is 0 Å². The van der Waals surface area contributed by atoms with Gasteiger partial charge in [0, 0.05) is 34.2 Å². The number of rotatable bonds is 9. The first kappa shape index (κ1) is 27.3. The van der Waals surface area contributed by atoms with Crippen LogP contribution in [0.4, 0.5) is 0 Å². The molecule has 5 rings (SSSR count). The van der Waals surface area contributed by atoms with Crippen LogP contribution >= 0.6 is 0 Å². The summed E-state index contributed by atoms with van der Waals surface area (Å²) in [6, 6.07) is 22.6. The Morgan fingerprint density at radius 2 is 1.17 bits per heavy atom. The van der Waals surface area contributed by atoms with Gasteiger partial charge in [0.25, 0.3) is 0 Å². The predicted octanol–water partition coefficient (Wildman–Crippen LogP) is 7.22. The highest BCUT2D eigenvalue weighted by molar-refractivity contribution is 6.13. The van der Waals surface area contributed by atoms with E-state index in [-0.39, 0.29) is 11.3 Å². The first-order chi connectivity index (χ1) is 19.8. The molecule has 0 spiro atoms. The van der Waals surface area contributed by atoms with Crippen LogP contribution in [-0.4, -0.2) is 40.2 Å². The van der Waals surface area contributed by atoms with Crippen molar-refractivity contribution in [1.29, 1.82) is 0 Å². The summed E-state index contributed by atoms with van der Waals surface area (Å²) in [6.07, 6.45) is 0. The maximum atomic E-state index is 13.7. The minimum atomic E-state index is -0.623. The molecule has 0 unspecified atom stereocenters. The van der Waals surface area contributed by atoms with Crippen molar-refractivity contribution in [2.75, 3.05) is 28.4 Å². The maximum Gasteiger partial charge on any atom is 0.344 e. The van der Waals surface area contributed by atoms with Gasteiger partial charge in [-0.05, 0) is 79.2 Å². The number of carbonyl (C=O) groups excluding carboxylic acids is 2. The van der Waals surface area contributed by atoms with Gasteiger partial charge in [-0.15, -0.1) is 0 Å². The third-order valence-corrected chi connectivity index (χ3v) is 6.68. The normalized spacial score (nSPS) is 10.8. The number of carbonyl (C=O) groups is 2. The van der Waals surface area contributed by atoms with Gasteiger partial charge in [-0.3, -0.25) is 4.79 Å². The molecule has 208 valence electrons. The molecule has 8 heteroatoms. The van der Waals surface area contributed by atoms with Crippen LogP contribution in [0.2, 0.25) is 0 Å². The average Bonchev–Trinajstić information content (AvgIpc) is 3.40. The molecule has 0 saturated carbocycles. The van der Waals surface area contributed by atoms with E-state index in [1.807, 2.05) is 36.4 Å². The first-order valence-electron chi connectivity index (χ1n) is 12.7. The molecule has 0 saturated heterocycles. The summed E-state index contributed by atoms with van der Waals surface area (Å²) < 4.78 is 34.1. The van der Waals surface area contributed by atoms with Crippen molar-refractivity contribution >= 4 is 22.7 Å². The molecule has 0 aliphatic heterocycles. The third-order valence-electron chi connectivity index (χ3n) is 6.68. The van der Waals surface area contributed by atoms with Crippen LogP contribution in [0.15, 0.2) is 83.3 Å². The van der Waals surface area contributed by atoms with Crippen molar-refractivity contribution in [2.45, 2.75) is 6.92 Å². The molecule has 0 amide bonds. The highest BCUT2D eigenvalue weighted by Crippen LogP contribution is 2.46. The van der Waals surface area contributed by atoms with Crippen LogP contribution in [0.5, 0.6) is 28.7 Å². The summed E-state index contributed by atoms with van der Waals surface area (Å²) in [5.74, 6) is 2.35. The van der Waals surface area contributed by atoms with Crippen LogP contribution < -0.4 is 23.7 Å². The van der Waals surface area contributed by atoms with Gasteiger partial charge in [-0.2, -0.15) is 0 Å². The third kappa shape index (κ3) is 5.45. The lowest BCUT2D eigenvalue weighted by Crippen LogP contribution is -2.09. The monoisotopic (exact) mass is 552 g/mol. The Morgan fingerprint density at radius 3 is 1.73 bits per heavy atom. The van der Waals surface area contributed by atoms with Crippen LogP contribution in [0.25, 0.3) is 33.4 Å². The Morgan fingerprint density at radius 1 is 0.610 bits per heavy atom. The lowest BCUT2D eigenvalue weighted by Gasteiger charge is -2.12. The van der Waals surface area contributed by atoms with E-state index in [1.54, 1.807) is 63.8 Å². The topological polar surface area (TPSA) is 93.4 Å². The Hall–Kier alpha value is -5.24.